The number of hydrogen-bond donors (Lipinski definition) is 2. The Balaban J connectivity index is 2.27. The lowest BCUT2D eigenvalue weighted by molar-refractivity contribution is 0.460. The van der Waals surface area contributed by atoms with Crippen molar-refractivity contribution in [2.75, 3.05) is 11.3 Å². The van der Waals surface area contributed by atoms with Gasteiger partial charge in [0.2, 0.25) is 0 Å². The summed E-state index contributed by atoms with van der Waals surface area (Å²) in [5.74, 6) is 0.975. The fraction of sp³-hybridized carbons (Fsp3) is 0.357. The van der Waals surface area contributed by atoms with Crippen LogP contribution in [0.4, 0.5) is 5.69 Å². The van der Waals surface area contributed by atoms with Crippen molar-refractivity contribution in [3.8, 4) is 0 Å². The van der Waals surface area contributed by atoms with E-state index in [-0.39, 0.29) is 4.90 Å². The van der Waals surface area contributed by atoms with E-state index >= 15 is 0 Å². The van der Waals surface area contributed by atoms with Gasteiger partial charge in [0.15, 0.2) is 0 Å². The smallest absolute Gasteiger partial charge is 0.265 e. The van der Waals surface area contributed by atoms with Crippen LogP contribution in [0, 0.1) is 13.8 Å². The van der Waals surface area contributed by atoms with Crippen LogP contribution in [-0.4, -0.2) is 19.9 Å². The fourth-order valence-electron chi connectivity index (χ4n) is 1.91. The highest BCUT2D eigenvalue weighted by Crippen LogP contribution is 2.24. The Hall–Kier alpha value is -1.86. The lowest BCUT2D eigenvalue weighted by Crippen LogP contribution is -2.14. The number of aromatic nitrogens is 1. The highest BCUT2D eigenvalue weighted by molar-refractivity contribution is 7.92. The Kier molecular flexibility index (Phi) is 4.64. The molecule has 0 aliphatic carbocycles. The van der Waals surface area contributed by atoms with Crippen LogP contribution in [0.3, 0.4) is 0 Å². The molecule has 21 heavy (non-hydrogen) atoms. The standard InChI is InChI=1S/C14H19N3O3S/c1-4-15-9-12-7-14(11(3)20-12)21(18,19)17-13-5-6-16-8-10(13)2/h5-8,15H,4,9H2,1-3H3,(H,16,17). The Morgan fingerprint density at radius 3 is 2.76 bits per heavy atom. The molecule has 0 aliphatic heterocycles. The van der Waals surface area contributed by atoms with Gasteiger partial charge in [-0.15, -0.1) is 0 Å². The van der Waals surface area contributed by atoms with Crippen molar-refractivity contribution in [1.29, 1.82) is 0 Å². The minimum Gasteiger partial charge on any atom is -0.464 e. The lowest BCUT2D eigenvalue weighted by Gasteiger charge is -2.08. The number of nitrogens with one attached hydrogen (secondary N) is 2. The summed E-state index contributed by atoms with van der Waals surface area (Å²) in [5.41, 5.74) is 1.27. The molecule has 0 saturated carbocycles. The van der Waals surface area contributed by atoms with Gasteiger partial charge < -0.3 is 9.73 Å². The summed E-state index contributed by atoms with van der Waals surface area (Å²) in [7, 11) is -3.67. The van der Waals surface area contributed by atoms with E-state index in [0.29, 0.717) is 23.8 Å². The van der Waals surface area contributed by atoms with Gasteiger partial charge in [-0.25, -0.2) is 8.42 Å². The molecule has 2 aromatic rings. The first-order valence-electron chi connectivity index (χ1n) is 6.67. The molecule has 0 unspecified atom stereocenters. The van der Waals surface area contributed by atoms with Crippen molar-refractivity contribution in [2.45, 2.75) is 32.2 Å². The summed E-state index contributed by atoms with van der Waals surface area (Å²) in [6, 6.07) is 3.18. The second-order valence-electron chi connectivity index (χ2n) is 4.71. The largest absolute Gasteiger partial charge is 0.464 e. The zero-order chi connectivity index (χ0) is 15.5. The second-order valence-corrected chi connectivity index (χ2v) is 6.36. The summed E-state index contributed by atoms with van der Waals surface area (Å²) < 4.78 is 32.9. The van der Waals surface area contributed by atoms with Gasteiger partial charge in [-0.2, -0.15) is 0 Å². The number of rotatable bonds is 6. The van der Waals surface area contributed by atoms with Crippen molar-refractivity contribution in [3.05, 3.63) is 41.6 Å². The van der Waals surface area contributed by atoms with E-state index in [1.165, 1.54) is 0 Å². The van der Waals surface area contributed by atoms with Gasteiger partial charge in [0.25, 0.3) is 10.0 Å². The van der Waals surface area contributed by atoms with E-state index in [9.17, 15) is 8.42 Å². The maximum absolute atomic E-state index is 12.4. The van der Waals surface area contributed by atoms with Gasteiger partial charge >= 0.3 is 0 Å². The molecule has 0 saturated heterocycles. The quantitative estimate of drug-likeness (QED) is 0.854. The number of aryl methyl sites for hydroxylation is 2. The Morgan fingerprint density at radius 1 is 1.33 bits per heavy atom. The van der Waals surface area contributed by atoms with Crippen LogP contribution in [0.25, 0.3) is 0 Å². The fourth-order valence-corrected chi connectivity index (χ4v) is 3.25. The van der Waals surface area contributed by atoms with E-state index in [0.717, 1.165) is 12.1 Å². The molecule has 0 radical (unpaired) electrons. The van der Waals surface area contributed by atoms with E-state index < -0.39 is 10.0 Å². The third-order valence-electron chi connectivity index (χ3n) is 3.03. The first kappa shape index (κ1) is 15.5. The molecule has 0 bridgehead atoms. The summed E-state index contributed by atoms with van der Waals surface area (Å²) in [4.78, 5) is 4.10. The number of pyridine rings is 1. The second kappa shape index (κ2) is 6.28. The monoisotopic (exact) mass is 309 g/mol. The average Bonchev–Trinajstić information content (AvgIpc) is 2.81. The summed E-state index contributed by atoms with van der Waals surface area (Å²) in [6.45, 7) is 6.70. The molecule has 0 aliphatic rings. The number of sulfonamides is 1. The molecular formula is C14H19N3O3S. The molecule has 0 aromatic carbocycles. The van der Waals surface area contributed by atoms with Crippen molar-refractivity contribution >= 4 is 15.7 Å². The van der Waals surface area contributed by atoms with Crippen molar-refractivity contribution in [2.24, 2.45) is 0 Å². The molecular weight excluding hydrogens is 290 g/mol. The number of furan rings is 1. The molecule has 2 aromatic heterocycles. The van der Waals surface area contributed by atoms with Crippen molar-refractivity contribution in [1.82, 2.24) is 10.3 Å². The SMILES string of the molecule is CCNCc1cc(S(=O)(=O)Nc2ccncc2C)c(C)o1. The molecule has 0 amide bonds. The van der Waals surface area contributed by atoms with Crippen LogP contribution in [0.15, 0.2) is 33.8 Å². The summed E-state index contributed by atoms with van der Waals surface area (Å²) in [5, 5.41) is 3.10. The maximum Gasteiger partial charge on any atom is 0.265 e. The Morgan fingerprint density at radius 2 is 2.10 bits per heavy atom. The summed E-state index contributed by atoms with van der Waals surface area (Å²) >= 11 is 0. The van der Waals surface area contributed by atoms with Gasteiger partial charge in [-0.05, 0) is 32.0 Å². The van der Waals surface area contributed by atoms with Crippen LogP contribution >= 0.6 is 0 Å². The minimum atomic E-state index is -3.67. The van der Waals surface area contributed by atoms with E-state index in [4.69, 9.17) is 4.42 Å². The zero-order valence-electron chi connectivity index (χ0n) is 12.3. The van der Waals surface area contributed by atoms with Crippen LogP contribution in [0.5, 0.6) is 0 Å². The highest BCUT2D eigenvalue weighted by Gasteiger charge is 2.22. The van der Waals surface area contributed by atoms with Gasteiger partial charge in [0.05, 0.1) is 12.2 Å². The minimum absolute atomic E-state index is 0.159. The number of nitrogens with zero attached hydrogens (tertiary/aromatic N) is 1. The molecule has 0 fully saturated rings. The molecule has 2 N–H and O–H groups in total. The summed E-state index contributed by atoms with van der Waals surface area (Å²) in [6.07, 6.45) is 3.15. The first-order valence-corrected chi connectivity index (χ1v) is 8.16. The molecule has 114 valence electrons. The number of anilines is 1. The van der Waals surface area contributed by atoms with E-state index in [1.54, 1.807) is 38.4 Å². The molecule has 0 atom stereocenters. The van der Waals surface area contributed by atoms with E-state index in [1.807, 2.05) is 6.92 Å². The molecule has 0 spiro atoms. The molecule has 6 nitrogen and oxygen atoms in total. The van der Waals surface area contributed by atoms with Gasteiger partial charge in [0.1, 0.15) is 16.4 Å². The topological polar surface area (TPSA) is 84.2 Å². The van der Waals surface area contributed by atoms with Crippen molar-refractivity contribution in [3.63, 3.8) is 0 Å². The first-order chi connectivity index (χ1) is 9.94. The van der Waals surface area contributed by atoms with Crippen LogP contribution in [-0.2, 0) is 16.6 Å². The molecule has 2 rings (SSSR count). The Labute approximate surface area is 124 Å². The maximum atomic E-state index is 12.4. The third kappa shape index (κ3) is 3.62. The zero-order valence-corrected chi connectivity index (χ0v) is 13.1. The van der Waals surface area contributed by atoms with Crippen LogP contribution < -0.4 is 10.0 Å². The van der Waals surface area contributed by atoms with Crippen LogP contribution in [0.2, 0.25) is 0 Å². The predicted octanol–water partition coefficient (Wildman–Crippen LogP) is 2.20. The van der Waals surface area contributed by atoms with Gasteiger partial charge in [-0.3, -0.25) is 9.71 Å². The van der Waals surface area contributed by atoms with Gasteiger partial charge in [0, 0.05) is 18.5 Å². The van der Waals surface area contributed by atoms with E-state index in [2.05, 4.69) is 15.0 Å². The lowest BCUT2D eigenvalue weighted by atomic mass is 10.3. The predicted molar refractivity (Wildman–Crippen MR) is 80.6 cm³/mol. The Bertz CT molecular complexity index is 723. The number of hydrogen-bond acceptors (Lipinski definition) is 5. The normalized spacial score (nSPS) is 11.6. The average molecular weight is 309 g/mol. The molecule has 7 heteroatoms. The molecule has 2 heterocycles. The third-order valence-corrected chi connectivity index (χ3v) is 4.50. The van der Waals surface area contributed by atoms with Crippen LogP contribution in [0.1, 0.15) is 24.0 Å². The van der Waals surface area contributed by atoms with Gasteiger partial charge in [-0.1, -0.05) is 6.92 Å². The highest BCUT2D eigenvalue weighted by atomic mass is 32.2. The van der Waals surface area contributed by atoms with Crippen molar-refractivity contribution < 1.29 is 12.8 Å².